The zero-order valence-electron chi connectivity index (χ0n) is 13.5. The third kappa shape index (κ3) is 3.66. The van der Waals surface area contributed by atoms with Crippen LogP contribution in [0.2, 0.25) is 0 Å². The van der Waals surface area contributed by atoms with Gasteiger partial charge in [-0.1, -0.05) is 13.0 Å². The first kappa shape index (κ1) is 17.1. The minimum absolute atomic E-state index is 0.0982. The predicted molar refractivity (Wildman–Crippen MR) is 84.5 cm³/mol. The van der Waals surface area contributed by atoms with Crippen molar-refractivity contribution in [1.29, 1.82) is 0 Å². The number of furan rings is 1. The number of ether oxygens (including phenoxy) is 1. The molecule has 1 aromatic carbocycles. The summed E-state index contributed by atoms with van der Waals surface area (Å²) in [4.78, 5) is 2.05. The first-order valence-electron chi connectivity index (χ1n) is 8.12. The molecule has 4 nitrogen and oxygen atoms in total. The number of nitrogens with zero attached hydrogens (tertiary/aromatic N) is 1. The Balaban J connectivity index is 1.74. The summed E-state index contributed by atoms with van der Waals surface area (Å²) in [5, 5.41) is 10.4. The van der Waals surface area contributed by atoms with Crippen LogP contribution in [0, 0.1) is 11.6 Å². The highest BCUT2D eigenvalue weighted by atomic mass is 19.2. The zero-order chi connectivity index (χ0) is 17.1. The van der Waals surface area contributed by atoms with Gasteiger partial charge in [-0.15, -0.1) is 0 Å². The summed E-state index contributed by atoms with van der Waals surface area (Å²) >= 11 is 0. The topological polar surface area (TPSA) is 45.8 Å². The van der Waals surface area contributed by atoms with Gasteiger partial charge in [0.2, 0.25) is 0 Å². The third-order valence-corrected chi connectivity index (χ3v) is 4.33. The molecule has 0 amide bonds. The summed E-state index contributed by atoms with van der Waals surface area (Å²) in [6.07, 6.45) is -0.105. The van der Waals surface area contributed by atoms with Gasteiger partial charge < -0.3 is 14.3 Å². The van der Waals surface area contributed by atoms with Gasteiger partial charge in [-0.2, -0.15) is 0 Å². The van der Waals surface area contributed by atoms with Crippen molar-refractivity contribution < 1.29 is 23.0 Å². The van der Waals surface area contributed by atoms with E-state index >= 15 is 0 Å². The number of rotatable bonds is 5. The van der Waals surface area contributed by atoms with Crippen LogP contribution in [0.15, 0.2) is 34.7 Å². The van der Waals surface area contributed by atoms with Gasteiger partial charge in [-0.3, -0.25) is 4.90 Å². The van der Waals surface area contributed by atoms with Crippen molar-refractivity contribution in [2.24, 2.45) is 0 Å². The lowest BCUT2D eigenvalue weighted by molar-refractivity contribution is -0.0348. The average Bonchev–Trinajstić information content (AvgIpc) is 3.06. The van der Waals surface area contributed by atoms with E-state index in [0.29, 0.717) is 31.9 Å². The molecule has 1 N–H and O–H groups in total. The number of aryl methyl sites for hydroxylation is 1. The second-order valence-electron chi connectivity index (χ2n) is 5.93. The molecule has 2 heterocycles. The van der Waals surface area contributed by atoms with Gasteiger partial charge in [-0.05, 0) is 29.8 Å². The molecule has 2 unspecified atom stereocenters. The fraction of sp³-hybridized carbons (Fsp3) is 0.444. The molecular weight excluding hydrogens is 316 g/mol. The Morgan fingerprint density at radius 3 is 2.79 bits per heavy atom. The molecule has 1 aromatic heterocycles. The summed E-state index contributed by atoms with van der Waals surface area (Å²) in [5.41, 5.74) is 0.354. The number of benzene rings is 1. The Bertz CT molecular complexity index is 689. The standard InChI is InChI=1S/C18H21F2NO3/c1-2-13-4-6-18(24-13)16-11-23-8-7-21(16)10-17(22)12-3-5-14(19)15(20)9-12/h3-6,9,16-17,22H,2,7-8,10-11H2,1H3. The normalized spacial score (nSPS) is 20.2. The van der Waals surface area contributed by atoms with E-state index < -0.39 is 17.7 Å². The summed E-state index contributed by atoms with van der Waals surface area (Å²) in [5.74, 6) is -0.178. The summed E-state index contributed by atoms with van der Waals surface area (Å²) in [7, 11) is 0. The molecule has 0 saturated carbocycles. The average molecular weight is 337 g/mol. The lowest BCUT2D eigenvalue weighted by Crippen LogP contribution is -2.41. The summed E-state index contributed by atoms with van der Waals surface area (Å²) in [6.45, 7) is 3.98. The first-order chi connectivity index (χ1) is 11.6. The van der Waals surface area contributed by atoms with Crippen LogP contribution in [0.3, 0.4) is 0 Å². The van der Waals surface area contributed by atoms with E-state index in [1.165, 1.54) is 6.07 Å². The fourth-order valence-corrected chi connectivity index (χ4v) is 2.93. The SMILES string of the molecule is CCc1ccc(C2COCCN2CC(O)c2ccc(F)c(F)c2)o1. The van der Waals surface area contributed by atoms with Crippen LogP contribution in [0.4, 0.5) is 8.78 Å². The van der Waals surface area contributed by atoms with Crippen LogP contribution >= 0.6 is 0 Å². The van der Waals surface area contributed by atoms with Gasteiger partial charge in [0.1, 0.15) is 11.5 Å². The summed E-state index contributed by atoms with van der Waals surface area (Å²) < 4.78 is 37.8. The fourth-order valence-electron chi connectivity index (χ4n) is 2.93. The third-order valence-electron chi connectivity index (χ3n) is 4.33. The van der Waals surface area contributed by atoms with E-state index in [1.54, 1.807) is 0 Å². The summed E-state index contributed by atoms with van der Waals surface area (Å²) in [6, 6.07) is 7.24. The number of aliphatic hydroxyl groups excluding tert-OH is 1. The van der Waals surface area contributed by atoms with Crippen LogP contribution in [-0.2, 0) is 11.2 Å². The number of β-amino-alcohol motifs (C(OH)–C–C–N with tert-alkyl or cyclic N) is 1. The monoisotopic (exact) mass is 337 g/mol. The van der Waals surface area contributed by atoms with E-state index in [1.807, 2.05) is 24.0 Å². The lowest BCUT2D eigenvalue weighted by atomic mass is 10.1. The maximum atomic E-state index is 13.4. The van der Waals surface area contributed by atoms with Crippen LogP contribution in [-0.4, -0.2) is 36.3 Å². The Morgan fingerprint density at radius 1 is 1.25 bits per heavy atom. The van der Waals surface area contributed by atoms with Gasteiger partial charge in [0.25, 0.3) is 0 Å². The van der Waals surface area contributed by atoms with Crippen molar-refractivity contribution in [2.45, 2.75) is 25.5 Å². The van der Waals surface area contributed by atoms with Crippen molar-refractivity contribution in [3.8, 4) is 0 Å². The van der Waals surface area contributed by atoms with Crippen molar-refractivity contribution in [2.75, 3.05) is 26.3 Å². The van der Waals surface area contributed by atoms with E-state index in [0.717, 1.165) is 30.1 Å². The van der Waals surface area contributed by atoms with Crippen LogP contribution < -0.4 is 0 Å². The van der Waals surface area contributed by atoms with Crippen LogP contribution in [0.25, 0.3) is 0 Å². The minimum Gasteiger partial charge on any atom is -0.464 e. The molecule has 0 radical (unpaired) electrons. The van der Waals surface area contributed by atoms with Crippen LogP contribution in [0.5, 0.6) is 0 Å². The molecule has 1 aliphatic rings. The van der Waals surface area contributed by atoms with Crippen molar-refractivity contribution >= 4 is 0 Å². The van der Waals surface area contributed by atoms with Crippen LogP contribution in [0.1, 0.15) is 36.2 Å². The number of morpholine rings is 1. The highest BCUT2D eigenvalue weighted by Crippen LogP contribution is 2.28. The second-order valence-corrected chi connectivity index (χ2v) is 5.93. The number of hydrogen-bond donors (Lipinski definition) is 1. The van der Waals surface area contributed by atoms with E-state index in [4.69, 9.17) is 9.15 Å². The molecule has 1 saturated heterocycles. The Kier molecular flexibility index (Phi) is 5.28. The molecule has 6 heteroatoms. The molecular formula is C18H21F2NO3. The van der Waals surface area contributed by atoms with E-state index in [2.05, 4.69) is 0 Å². The number of aliphatic hydroxyl groups is 1. The number of halogens is 2. The maximum Gasteiger partial charge on any atom is 0.159 e. The molecule has 130 valence electrons. The molecule has 1 fully saturated rings. The Hall–Kier alpha value is -1.76. The lowest BCUT2D eigenvalue weighted by Gasteiger charge is -2.35. The highest BCUT2D eigenvalue weighted by Gasteiger charge is 2.29. The molecule has 24 heavy (non-hydrogen) atoms. The van der Waals surface area contributed by atoms with Gasteiger partial charge in [0.15, 0.2) is 11.6 Å². The number of hydrogen-bond acceptors (Lipinski definition) is 4. The minimum atomic E-state index is -0.955. The maximum absolute atomic E-state index is 13.4. The molecule has 0 aliphatic carbocycles. The highest BCUT2D eigenvalue weighted by molar-refractivity contribution is 5.20. The van der Waals surface area contributed by atoms with Gasteiger partial charge >= 0.3 is 0 Å². The molecule has 1 aliphatic heterocycles. The molecule has 0 spiro atoms. The van der Waals surface area contributed by atoms with Gasteiger partial charge in [-0.25, -0.2) is 8.78 Å². The largest absolute Gasteiger partial charge is 0.464 e. The van der Waals surface area contributed by atoms with Crippen molar-refractivity contribution in [3.63, 3.8) is 0 Å². The molecule has 3 rings (SSSR count). The molecule has 2 aromatic rings. The van der Waals surface area contributed by atoms with E-state index in [9.17, 15) is 13.9 Å². The van der Waals surface area contributed by atoms with Crippen molar-refractivity contribution in [3.05, 3.63) is 59.1 Å². The second kappa shape index (κ2) is 7.42. The van der Waals surface area contributed by atoms with E-state index in [-0.39, 0.29) is 6.04 Å². The smallest absolute Gasteiger partial charge is 0.159 e. The Labute approximate surface area is 139 Å². The Morgan fingerprint density at radius 2 is 2.08 bits per heavy atom. The van der Waals surface area contributed by atoms with Gasteiger partial charge in [0.05, 0.1) is 25.4 Å². The molecule has 2 atom stereocenters. The first-order valence-corrected chi connectivity index (χ1v) is 8.12. The quantitative estimate of drug-likeness (QED) is 0.910. The predicted octanol–water partition coefficient (Wildman–Crippen LogP) is 3.23. The van der Waals surface area contributed by atoms with Crippen molar-refractivity contribution in [1.82, 2.24) is 4.90 Å². The molecule has 0 bridgehead atoms. The van der Waals surface area contributed by atoms with Gasteiger partial charge in [0, 0.05) is 19.5 Å². The zero-order valence-corrected chi connectivity index (χ0v) is 13.5.